The van der Waals surface area contributed by atoms with Gasteiger partial charge in [0.2, 0.25) is 5.91 Å². The van der Waals surface area contributed by atoms with Crippen LogP contribution in [0.4, 0.5) is 0 Å². The van der Waals surface area contributed by atoms with Crippen molar-refractivity contribution in [3.8, 4) is 0 Å². The summed E-state index contributed by atoms with van der Waals surface area (Å²) in [4.78, 5) is 23.8. The molecule has 2 atom stereocenters. The smallest absolute Gasteiger partial charge is 0.328 e. The van der Waals surface area contributed by atoms with Crippen LogP contribution in [0, 0.1) is 5.92 Å². The third-order valence-electron chi connectivity index (χ3n) is 4.10. The second-order valence-corrected chi connectivity index (χ2v) is 5.92. The number of ether oxygens (including phenoxy) is 2. The van der Waals surface area contributed by atoms with Crippen molar-refractivity contribution in [2.45, 2.75) is 64.0 Å². The number of nitrogens with one attached hydrogen (secondary N) is 1. The second-order valence-electron chi connectivity index (χ2n) is 5.92. The fraction of sp³-hybridized carbons (Fsp3) is 0.867. The molecule has 1 aliphatic carbocycles. The van der Waals surface area contributed by atoms with Gasteiger partial charge in [-0.2, -0.15) is 0 Å². The zero-order valence-electron chi connectivity index (χ0n) is 12.2. The van der Waals surface area contributed by atoms with Crippen LogP contribution >= 0.6 is 0 Å². The monoisotopic (exact) mass is 283 g/mol. The van der Waals surface area contributed by atoms with Crippen molar-refractivity contribution < 1.29 is 19.1 Å². The Bertz CT molecular complexity index is 333. The van der Waals surface area contributed by atoms with Gasteiger partial charge in [-0.15, -0.1) is 0 Å². The number of hydrogen-bond donors (Lipinski definition) is 1. The maximum Gasteiger partial charge on any atom is 0.328 e. The highest BCUT2D eigenvalue weighted by atomic mass is 16.6. The Hall–Kier alpha value is -1.10. The molecule has 1 saturated heterocycles. The van der Waals surface area contributed by atoms with Gasteiger partial charge in [0, 0.05) is 12.8 Å². The van der Waals surface area contributed by atoms with Crippen molar-refractivity contribution >= 4 is 11.9 Å². The average molecular weight is 283 g/mol. The molecule has 1 N–H and O–H groups in total. The Morgan fingerprint density at radius 3 is 2.65 bits per heavy atom. The summed E-state index contributed by atoms with van der Waals surface area (Å²) in [7, 11) is 0. The van der Waals surface area contributed by atoms with E-state index >= 15 is 0 Å². The Morgan fingerprint density at radius 1 is 1.25 bits per heavy atom. The fourth-order valence-corrected chi connectivity index (χ4v) is 2.88. The lowest BCUT2D eigenvalue weighted by Gasteiger charge is -2.22. The average Bonchev–Trinajstić information content (AvgIpc) is 2.92. The van der Waals surface area contributed by atoms with Crippen molar-refractivity contribution in [1.29, 1.82) is 0 Å². The molecule has 0 aromatic rings. The molecule has 5 heteroatoms. The molecule has 2 unspecified atom stereocenters. The van der Waals surface area contributed by atoms with Gasteiger partial charge in [-0.1, -0.05) is 19.3 Å². The minimum Gasteiger partial charge on any atom is -0.458 e. The lowest BCUT2D eigenvalue weighted by molar-refractivity contribution is -0.152. The minimum absolute atomic E-state index is 0.0379. The third kappa shape index (κ3) is 4.78. The molecule has 2 rings (SSSR count). The number of esters is 1. The molecule has 1 heterocycles. The van der Waals surface area contributed by atoms with Crippen molar-refractivity contribution in [3.05, 3.63) is 0 Å². The first-order valence-corrected chi connectivity index (χ1v) is 7.72. The molecular weight excluding hydrogens is 258 g/mol. The Kier molecular flexibility index (Phi) is 5.83. The maximum absolute atomic E-state index is 11.9. The molecule has 114 valence electrons. The van der Waals surface area contributed by atoms with E-state index in [0.29, 0.717) is 25.6 Å². The number of rotatable bonds is 5. The van der Waals surface area contributed by atoms with Crippen molar-refractivity contribution in [2.75, 3.05) is 13.2 Å². The SMILES string of the molecule is CC(NC(=O)CC1CCCCC1)C(=O)OC1CCOC1. The highest BCUT2D eigenvalue weighted by Crippen LogP contribution is 2.26. The van der Waals surface area contributed by atoms with Gasteiger partial charge in [-0.05, 0) is 25.7 Å². The number of hydrogen-bond acceptors (Lipinski definition) is 4. The number of amides is 1. The van der Waals surface area contributed by atoms with Crippen molar-refractivity contribution in [1.82, 2.24) is 5.32 Å². The van der Waals surface area contributed by atoms with Crippen molar-refractivity contribution in [3.63, 3.8) is 0 Å². The molecule has 0 aromatic heterocycles. The molecule has 0 aromatic carbocycles. The van der Waals surface area contributed by atoms with Crippen LogP contribution in [0.2, 0.25) is 0 Å². The van der Waals surface area contributed by atoms with E-state index in [0.717, 1.165) is 19.3 Å². The van der Waals surface area contributed by atoms with E-state index in [9.17, 15) is 9.59 Å². The van der Waals surface area contributed by atoms with Gasteiger partial charge in [0.15, 0.2) is 0 Å². The van der Waals surface area contributed by atoms with E-state index in [1.807, 2.05) is 0 Å². The predicted octanol–water partition coefficient (Wildman–Crippen LogP) is 1.79. The zero-order valence-corrected chi connectivity index (χ0v) is 12.2. The topological polar surface area (TPSA) is 64.6 Å². The summed E-state index contributed by atoms with van der Waals surface area (Å²) in [5.74, 6) is 0.0803. The Labute approximate surface area is 120 Å². The lowest BCUT2D eigenvalue weighted by Crippen LogP contribution is -2.41. The molecule has 0 radical (unpaired) electrons. The first kappa shape index (κ1) is 15.3. The number of carbonyl (C=O) groups is 2. The number of carbonyl (C=O) groups excluding carboxylic acids is 2. The largest absolute Gasteiger partial charge is 0.458 e. The van der Waals surface area contributed by atoms with Crippen LogP contribution in [0.5, 0.6) is 0 Å². The summed E-state index contributed by atoms with van der Waals surface area (Å²) in [6.07, 6.45) is 7.11. The van der Waals surface area contributed by atoms with Crippen molar-refractivity contribution in [2.24, 2.45) is 5.92 Å². The van der Waals surface area contributed by atoms with E-state index in [1.165, 1.54) is 19.3 Å². The molecule has 1 saturated carbocycles. The van der Waals surface area contributed by atoms with Gasteiger partial charge >= 0.3 is 5.97 Å². The van der Waals surface area contributed by atoms with Gasteiger partial charge < -0.3 is 14.8 Å². The van der Waals surface area contributed by atoms with E-state index < -0.39 is 6.04 Å². The summed E-state index contributed by atoms with van der Waals surface area (Å²) in [5.41, 5.74) is 0. The van der Waals surface area contributed by atoms with E-state index in [1.54, 1.807) is 6.92 Å². The van der Waals surface area contributed by atoms with E-state index in [4.69, 9.17) is 9.47 Å². The zero-order chi connectivity index (χ0) is 14.4. The van der Waals surface area contributed by atoms with E-state index in [2.05, 4.69) is 5.32 Å². The molecule has 1 aliphatic heterocycles. The standard InChI is InChI=1S/C15H25NO4/c1-11(15(18)20-13-7-8-19-10-13)16-14(17)9-12-5-3-2-4-6-12/h11-13H,2-10H2,1H3,(H,16,17). The first-order chi connectivity index (χ1) is 9.65. The lowest BCUT2D eigenvalue weighted by atomic mass is 9.87. The first-order valence-electron chi connectivity index (χ1n) is 7.72. The molecular formula is C15H25NO4. The van der Waals surface area contributed by atoms with Crippen LogP contribution in [0.1, 0.15) is 51.9 Å². The molecule has 20 heavy (non-hydrogen) atoms. The Morgan fingerprint density at radius 2 is 2.00 bits per heavy atom. The van der Waals surface area contributed by atoms with E-state index in [-0.39, 0.29) is 18.0 Å². The highest BCUT2D eigenvalue weighted by Gasteiger charge is 2.25. The fourth-order valence-electron chi connectivity index (χ4n) is 2.88. The van der Waals surface area contributed by atoms with Crippen LogP contribution in [-0.4, -0.2) is 37.2 Å². The molecule has 0 bridgehead atoms. The summed E-state index contributed by atoms with van der Waals surface area (Å²) >= 11 is 0. The maximum atomic E-state index is 11.9. The highest BCUT2D eigenvalue weighted by molar-refractivity contribution is 5.84. The van der Waals surface area contributed by atoms with Gasteiger partial charge in [-0.25, -0.2) is 4.79 Å². The summed E-state index contributed by atoms with van der Waals surface area (Å²) in [6, 6.07) is -0.577. The summed E-state index contributed by atoms with van der Waals surface area (Å²) in [5, 5.41) is 2.75. The quantitative estimate of drug-likeness (QED) is 0.781. The summed E-state index contributed by atoms with van der Waals surface area (Å²) in [6.45, 7) is 2.78. The Balaban J connectivity index is 1.67. The summed E-state index contributed by atoms with van der Waals surface area (Å²) < 4.78 is 10.4. The van der Waals surface area contributed by atoms with Gasteiger partial charge in [0.1, 0.15) is 12.1 Å². The van der Waals surface area contributed by atoms with Gasteiger partial charge in [-0.3, -0.25) is 4.79 Å². The third-order valence-corrected chi connectivity index (χ3v) is 4.10. The second kappa shape index (κ2) is 7.62. The molecule has 2 aliphatic rings. The van der Waals surface area contributed by atoms with Crippen LogP contribution in [-0.2, 0) is 19.1 Å². The molecule has 5 nitrogen and oxygen atoms in total. The van der Waals surface area contributed by atoms with Gasteiger partial charge in [0.25, 0.3) is 0 Å². The van der Waals surface area contributed by atoms with Crippen LogP contribution in [0.3, 0.4) is 0 Å². The minimum atomic E-state index is -0.577. The normalized spacial score (nSPS) is 25.1. The predicted molar refractivity (Wildman–Crippen MR) is 74.1 cm³/mol. The van der Waals surface area contributed by atoms with Crippen LogP contribution < -0.4 is 5.32 Å². The van der Waals surface area contributed by atoms with Crippen LogP contribution in [0.25, 0.3) is 0 Å². The van der Waals surface area contributed by atoms with Crippen LogP contribution in [0.15, 0.2) is 0 Å². The molecule has 0 spiro atoms. The van der Waals surface area contributed by atoms with Gasteiger partial charge in [0.05, 0.1) is 13.2 Å². The molecule has 2 fully saturated rings. The molecule has 1 amide bonds.